The van der Waals surface area contributed by atoms with Crippen LogP contribution in [0.15, 0.2) is 34.8 Å². The molecule has 0 spiro atoms. The lowest BCUT2D eigenvalue weighted by Gasteiger charge is -2.06. The number of carbonyl (C=O) groups is 2. The zero-order valence-corrected chi connectivity index (χ0v) is 15.3. The Labute approximate surface area is 149 Å². The van der Waals surface area contributed by atoms with Crippen molar-refractivity contribution in [3.8, 4) is 0 Å². The van der Waals surface area contributed by atoms with Gasteiger partial charge < -0.3 is 10.6 Å². The number of aromatic nitrogens is 2. The highest BCUT2D eigenvalue weighted by atomic mass is 79.9. The standard InChI is InChI=1S/C17H19BrN4O2/c1-11-17(12(2)22(3)21-11)20-16(24)10-19-15(23)8-7-13-5-4-6-14(18)9-13/h4-9H,10H2,1-3H3,(H,19,23)(H,20,24)/b8-7+. The lowest BCUT2D eigenvalue weighted by atomic mass is 10.2. The van der Waals surface area contributed by atoms with E-state index in [1.165, 1.54) is 6.08 Å². The highest BCUT2D eigenvalue weighted by Crippen LogP contribution is 2.17. The maximum Gasteiger partial charge on any atom is 0.244 e. The number of benzene rings is 1. The summed E-state index contributed by atoms with van der Waals surface area (Å²) in [5.74, 6) is -0.622. The first-order chi connectivity index (χ1) is 11.4. The molecule has 0 bridgehead atoms. The number of hydrogen-bond donors (Lipinski definition) is 2. The SMILES string of the molecule is Cc1nn(C)c(C)c1NC(=O)CNC(=O)/C=C/c1cccc(Br)c1. The molecule has 0 atom stereocenters. The van der Waals surface area contributed by atoms with Gasteiger partial charge in [-0.25, -0.2) is 0 Å². The molecule has 2 rings (SSSR count). The number of aryl methyl sites for hydroxylation is 2. The molecule has 0 aliphatic heterocycles. The minimum Gasteiger partial charge on any atom is -0.343 e. The second-order valence-corrected chi connectivity index (χ2v) is 6.24. The fourth-order valence-electron chi connectivity index (χ4n) is 2.15. The van der Waals surface area contributed by atoms with Crippen LogP contribution in [0.2, 0.25) is 0 Å². The van der Waals surface area contributed by atoms with Crippen LogP contribution in [0.3, 0.4) is 0 Å². The van der Waals surface area contributed by atoms with Gasteiger partial charge in [-0.05, 0) is 37.6 Å². The Morgan fingerprint density at radius 2 is 2.08 bits per heavy atom. The minimum atomic E-state index is -0.329. The lowest BCUT2D eigenvalue weighted by Crippen LogP contribution is -2.31. The summed E-state index contributed by atoms with van der Waals surface area (Å²) in [4.78, 5) is 23.7. The number of anilines is 1. The van der Waals surface area contributed by atoms with Gasteiger partial charge in [0, 0.05) is 17.6 Å². The van der Waals surface area contributed by atoms with Crippen molar-refractivity contribution in [3.63, 3.8) is 0 Å². The molecule has 2 amide bonds. The second kappa shape index (κ2) is 7.92. The predicted octanol–water partition coefficient (Wildman–Crippen LogP) is 2.57. The number of nitrogens with one attached hydrogen (secondary N) is 2. The van der Waals surface area contributed by atoms with Crippen molar-refractivity contribution in [2.45, 2.75) is 13.8 Å². The first kappa shape index (κ1) is 17.9. The summed E-state index contributed by atoms with van der Waals surface area (Å²) >= 11 is 3.37. The molecular formula is C17H19BrN4O2. The number of amides is 2. The molecule has 0 saturated carbocycles. The van der Waals surface area contributed by atoms with Crippen LogP contribution in [0.1, 0.15) is 17.0 Å². The number of hydrogen-bond acceptors (Lipinski definition) is 3. The Morgan fingerprint density at radius 1 is 1.33 bits per heavy atom. The first-order valence-electron chi connectivity index (χ1n) is 7.38. The lowest BCUT2D eigenvalue weighted by molar-refractivity contribution is -0.121. The van der Waals surface area contributed by atoms with Gasteiger partial charge in [0.1, 0.15) is 0 Å². The minimum absolute atomic E-state index is 0.102. The van der Waals surface area contributed by atoms with E-state index in [2.05, 4.69) is 31.7 Å². The zero-order chi connectivity index (χ0) is 17.7. The third kappa shape index (κ3) is 4.79. The van der Waals surface area contributed by atoms with Crippen LogP contribution in [0.4, 0.5) is 5.69 Å². The Balaban J connectivity index is 1.86. The molecule has 7 heteroatoms. The summed E-state index contributed by atoms with van der Waals surface area (Å²) < 4.78 is 2.64. The van der Waals surface area contributed by atoms with E-state index < -0.39 is 0 Å². The smallest absolute Gasteiger partial charge is 0.244 e. The molecule has 0 aliphatic rings. The van der Waals surface area contributed by atoms with Gasteiger partial charge in [0.2, 0.25) is 11.8 Å². The van der Waals surface area contributed by atoms with Gasteiger partial charge in [-0.1, -0.05) is 28.1 Å². The molecule has 1 aromatic carbocycles. The average Bonchev–Trinajstić information content (AvgIpc) is 2.77. The molecule has 0 saturated heterocycles. The van der Waals surface area contributed by atoms with E-state index in [9.17, 15) is 9.59 Å². The molecule has 0 aliphatic carbocycles. The quantitative estimate of drug-likeness (QED) is 0.770. The average molecular weight is 391 g/mol. The Hall–Kier alpha value is -2.41. The topological polar surface area (TPSA) is 76.0 Å². The first-order valence-corrected chi connectivity index (χ1v) is 8.17. The van der Waals surface area contributed by atoms with Gasteiger partial charge in [-0.3, -0.25) is 14.3 Å². The van der Waals surface area contributed by atoms with Crippen LogP contribution < -0.4 is 10.6 Å². The Bertz CT molecular complexity index is 796. The van der Waals surface area contributed by atoms with E-state index in [-0.39, 0.29) is 18.4 Å². The molecular weight excluding hydrogens is 372 g/mol. The molecule has 2 N–H and O–H groups in total. The van der Waals surface area contributed by atoms with E-state index >= 15 is 0 Å². The summed E-state index contributed by atoms with van der Waals surface area (Å²) in [7, 11) is 1.81. The highest BCUT2D eigenvalue weighted by Gasteiger charge is 2.12. The van der Waals surface area contributed by atoms with Gasteiger partial charge in [-0.2, -0.15) is 5.10 Å². The van der Waals surface area contributed by atoms with Crippen molar-refractivity contribution in [2.75, 3.05) is 11.9 Å². The summed E-state index contributed by atoms with van der Waals surface area (Å²) in [6.45, 7) is 3.59. The van der Waals surface area contributed by atoms with Crippen LogP contribution in [-0.4, -0.2) is 28.1 Å². The predicted molar refractivity (Wildman–Crippen MR) is 97.5 cm³/mol. The molecule has 6 nitrogen and oxygen atoms in total. The van der Waals surface area contributed by atoms with Crippen LogP contribution in [0.25, 0.3) is 6.08 Å². The molecule has 0 fully saturated rings. The molecule has 0 unspecified atom stereocenters. The number of rotatable bonds is 5. The molecule has 1 aromatic heterocycles. The third-order valence-electron chi connectivity index (χ3n) is 3.47. The van der Waals surface area contributed by atoms with E-state index in [4.69, 9.17) is 0 Å². The fraction of sp³-hybridized carbons (Fsp3) is 0.235. The number of carbonyl (C=O) groups excluding carboxylic acids is 2. The molecule has 0 radical (unpaired) electrons. The molecule has 24 heavy (non-hydrogen) atoms. The van der Waals surface area contributed by atoms with Crippen molar-refractivity contribution >= 4 is 39.5 Å². The summed E-state index contributed by atoms with van der Waals surface area (Å²) in [5, 5.41) is 9.55. The molecule has 1 heterocycles. The number of nitrogens with zero attached hydrogens (tertiary/aromatic N) is 2. The van der Waals surface area contributed by atoms with Crippen molar-refractivity contribution in [2.24, 2.45) is 7.05 Å². The number of halogens is 1. The second-order valence-electron chi connectivity index (χ2n) is 5.32. The van der Waals surface area contributed by atoms with Gasteiger partial charge in [0.15, 0.2) is 0 Å². The van der Waals surface area contributed by atoms with Crippen molar-refractivity contribution in [1.29, 1.82) is 0 Å². The van der Waals surface area contributed by atoms with E-state index in [1.807, 2.05) is 45.2 Å². The summed E-state index contributed by atoms with van der Waals surface area (Å²) in [6, 6.07) is 7.57. The van der Waals surface area contributed by atoms with E-state index in [1.54, 1.807) is 10.8 Å². The normalized spacial score (nSPS) is 10.8. The third-order valence-corrected chi connectivity index (χ3v) is 3.97. The van der Waals surface area contributed by atoms with Gasteiger partial charge in [-0.15, -0.1) is 0 Å². The monoisotopic (exact) mass is 390 g/mol. The fourth-order valence-corrected chi connectivity index (χ4v) is 2.56. The van der Waals surface area contributed by atoms with Crippen molar-refractivity contribution < 1.29 is 9.59 Å². The Kier molecular flexibility index (Phi) is 5.92. The molecule has 126 valence electrons. The van der Waals surface area contributed by atoms with Crippen LogP contribution in [-0.2, 0) is 16.6 Å². The Morgan fingerprint density at radius 3 is 2.71 bits per heavy atom. The van der Waals surface area contributed by atoms with Gasteiger partial charge >= 0.3 is 0 Å². The van der Waals surface area contributed by atoms with Gasteiger partial charge in [0.25, 0.3) is 0 Å². The van der Waals surface area contributed by atoms with Gasteiger partial charge in [0.05, 0.1) is 23.6 Å². The molecule has 2 aromatic rings. The van der Waals surface area contributed by atoms with Crippen molar-refractivity contribution in [3.05, 3.63) is 51.8 Å². The largest absolute Gasteiger partial charge is 0.343 e. The van der Waals surface area contributed by atoms with E-state index in [0.717, 1.165) is 21.4 Å². The zero-order valence-electron chi connectivity index (χ0n) is 13.8. The van der Waals surface area contributed by atoms with Crippen LogP contribution in [0, 0.1) is 13.8 Å². The summed E-state index contributed by atoms with van der Waals surface area (Å²) in [5.41, 5.74) is 3.18. The summed E-state index contributed by atoms with van der Waals surface area (Å²) in [6.07, 6.45) is 3.09. The van der Waals surface area contributed by atoms with Crippen molar-refractivity contribution in [1.82, 2.24) is 15.1 Å². The highest BCUT2D eigenvalue weighted by molar-refractivity contribution is 9.10. The maximum atomic E-state index is 12.0. The van der Waals surface area contributed by atoms with Crippen LogP contribution >= 0.6 is 15.9 Å². The van der Waals surface area contributed by atoms with E-state index in [0.29, 0.717) is 5.69 Å². The maximum absolute atomic E-state index is 12.0. The van der Waals surface area contributed by atoms with Crippen LogP contribution in [0.5, 0.6) is 0 Å².